The Morgan fingerprint density at radius 2 is 2.27 bits per heavy atom. The lowest BCUT2D eigenvalue weighted by Gasteiger charge is -2.12. The molecule has 0 aliphatic carbocycles. The van der Waals surface area contributed by atoms with Gasteiger partial charge in [0, 0.05) is 17.6 Å². The molecule has 0 aromatic heterocycles. The molecule has 2 amide bonds. The molecular weight excluding hydrogens is 256 g/mol. The second-order valence-electron chi connectivity index (χ2n) is 3.56. The Morgan fingerprint density at radius 1 is 1.53 bits per heavy atom. The summed E-state index contributed by atoms with van der Waals surface area (Å²) in [4.78, 5) is 13.3. The lowest BCUT2D eigenvalue weighted by Crippen LogP contribution is -2.27. The van der Waals surface area contributed by atoms with Gasteiger partial charge in [0.2, 0.25) is 0 Å². The van der Waals surface area contributed by atoms with Crippen LogP contribution in [-0.4, -0.2) is 24.0 Å². The molecular formula is C11H13BrN2O. The fourth-order valence-corrected chi connectivity index (χ4v) is 2.36. The maximum Gasteiger partial charge on any atom is 0.318 e. The van der Waals surface area contributed by atoms with Gasteiger partial charge in [-0.05, 0) is 18.6 Å². The summed E-state index contributed by atoms with van der Waals surface area (Å²) in [6.07, 6.45) is 0. The van der Waals surface area contributed by atoms with Crippen molar-refractivity contribution in [2.75, 3.05) is 13.1 Å². The third kappa shape index (κ3) is 2.00. The van der Waals surface area contributed by atoms with E-state index in [1.807, 2.05) is 36.1 Å². The van der Waals surface area contributed by atoms with Gasteiger partial charge < -0.3 is 10.2 Å². The Morgan fingerprint density at radius 3 is 2.87 bits per heavy atom. The number of likely N-dealkylation sites (N-methyl/N-ethyl adjacent to an activating group) is 1. The highest BCUT2D eigenvalue weighted by Gasteiger charge is 2.29. The van der Waals surface area contributed by atoms with Gasteiger partial charge in [-0.3, -0.25) is 0 Å². The minimum atomic E-state index is 0.0262. The minimum Gasteiger partial charge on any atom is -0.329 e. The molecule has 1 saturated heterocycles. The first-order valence-electron chi connectivity index (χ1n) is 5.02. The summed E-state index contributed by atoms with van der Waals surface area (Å²) < 4.78 is 1.05. The number of benzene rings is 1. The molecule has 0 radical (unpaired) electrons. The summed E-state index contributed by atoms with van der Waals surface area (Å²) in [5, 5.41) is 2.97. The summed E-state index contributed by atoms with van der Waals surface area (Å²) in [5.41, 5.74) is 1.14. The zero-order chi connectivity index (χ0) is 10.8. The van der Waals surface area contributed by atoms with E-state index in [2.05, 4.69) is 21.2 Å². The molecule has 1 aliphatic rings. The van der Waals surface area contributed by atoms with Crippen LogP contribution in [0, 0.1) is 0 Å². The van der Waals surface area contributed by atoms with Crippen LogP contribution in [0.1, 0.15) is 18.5 Å². The Balaban J connectivity index is 2.21. The zero-order valence-electron chi connectivity index (χ0n) is 8.53. The number of hydrogen-bond donors (Lipinski definition) is 1. The van der Waals surface area contributed by atoms with Gasteiger partial charge in [-0.1, -0.05) is 34.1 Å². The second-order valence-corrected chi connectivity index (χ2v) is 4.42. The van der Waals surface area contributed by atoms with E-state index in [0.717, 1.165) is 23.1 Å². The molecule has 1 N–H and O–H groups in total. The minimum absolute atomic E-state index is 0.0262. The highest BCUT2D eigenvalue weighted by atomic mass is 79.9. The number of hydrogen-bond acceptors (Lipinski definition) is 1. The zero-order valence-corrected chi connectivity index (χ0v) is 10.1. The van der Waals surface area contributed by atoms with Crippen LogP contribution in [-0.2, 0) is 0 Å². The first kappa shape index (κ1) is 10.5. The molecule has 1 aromatic carbocycles. The van der Waals surface area contributed by atoms with Crippen molar-refractivity contribution in [3.63, 3.8) is 0 Å². The lowest BCUT2D eigenvalue weighted by atomic mass is 10.1. The van der Waals surface area contributed by atoms with Crippen molar-refractivity contribution in [2.45, 2.75) is 13.0 Å². The number of carbonyl (C=O) groups is 1. The molecule has 4 heteroatoms. The Labute approximate surface area is 97.6 Å². The average molecular weight is 269 g/mol. The monoisotopic (exact) mass is 268 g/mol. The molecule has 0 saturated carbocycles. The van der Waals surface area contributed by atoms with Crippen LogP contribution >= 0.6 is 15.9 Å². The molecule has 1 fully saturated rings. The SMILES string of the molecule is CCN1CC(c2ccccc2Br)NC1=O. The molecule has 80 valence electrons. The van der Waals surface area contributed by atoms with E-state index < -0.39 is 0 Å². The van der Waals surface area contributed by atoms with Gasteiger partial charge in [0.05, 0.1) is 6.04 Å². The molecule has 0 spiro atoms. The number of nitrogens with zero attached hydrogens (tertiary/aromatic N) is 1. The van der Waals surface area contributed by atoms with Crippen molar-refractivity contribution < 1.29 is 4.79 Å². The van der Waals surface area contributed by atoms with Gasteiger partial charge in [0.15, 0.2) is 0 Å². The number of amides is 2. The summed E-state index contributed by atoms with van der Waals surface area (Å²) in [7, 11) is 0. The van der Waals surface area contributed by atoms with Crippen LogP contribution in [0.15, 0.2) is 28.7 Å². The maximum atomic E-state index is 11.5. The van der Waals surface area contributed by atoms with Gasteiger partial charge in [-0.15, -0.1) is 0 Å². The topological polar surface area (TPSA) is 32.3 Å². The van der Waals surface area contributed by atoms with Gasteiger partial charge in [0.1, 0.15) is 0 Å². The van der Waals surface area contributed by atoms with Crippen molar-refractivity contribution in [1.82, 2.24) is 10.2 Å². The standard InChI is InChI=1S/C11H13BrN2O/c1-2-14-7-10(13-11(14)15)8-5-3-4-6-9(8)12/h3-6,10H,2,7H2,1H3,(H,13,15). The number of halogens is 1. The van der Waals surface area contributed by atoms with Gasteiger partial charge in [-0.2, -0.15) is 0 Å². The molecule has 1 heterocycles. The molecule has 1 atom stereocenters. The number of nitrogens with one attached hydrogen (secondary N) is 1. The van der Waals surface area contributed by atoms with Crippen LogP contribution in [0.3, 0.4) is 0 Å². The fraction of sp³-hybridized carbons (Fsp3) is 0.364. The molecule has 1 aromatic rings. The highest BCUT2D eigenvalue weighted by molar-refractivity contribution is 9.10. The predicted molar refractivity (Wildman–Crippen MR) is 62.7 cm³/mol. The van der Waals surface area contributed by atoms with Crippen molar-refractivity contribution in [2.24, 2.45) is 0 Å². The molecule has 1 unspecified atom stereocenters. The van der Waals surface area contributed by atoms with Crippen molar-refractivity contribution in [1.29, 1.82) is 0 Å². The fourth-order valence-electron chi connectivity index (χ4n) is 1.80. The van der Waals surface area contributed by atoms with E-state index in [-0.39, 0.29) is 12.1 Å². The van der Waals surface area contributed by atoms with E-state index in [9.17, 15) is 4.79 Å². The van der Waals surface area contributed by atoms with Crippen LogP contribution in [0.4, 0.5) is 4.79 Å². The van der Waals surface area contributed by atoms with Crippen molar-refractivity contribution in [3.05, 3.63) is 34.3 Å². The van der Waals surface area contributed by atoms with Crippen LogP contribution in [0.25, 0.3) is 0 Å². The summed E-state index contributed by atoms with van der Waals surface area (Å²) in [6.45, 7) is 3.49. The van der Waals surface area contributed by atoms with E-state index >= 15 is 0 Å². The first-order chi connectivity index (χ1) is 7.22. The van der Waals surface area contributed by atoms with Crippen LogP contribution < -0.4 is 5.32 Å². The molecule has 0 bridgehead atoms. The molecule has 3 nitrogen and oxygen atoms in total. The van der Waals surface area contributed by atoms with Crippen molar-refractivity contribution >= 4 is 22.0 Å². The molecule has 1 aliphatic heterocycles. The maximum absolute atomic E-state index is 11.5. The lowest BCUT2D eigenvalue weighted by molar-refractivity contribution is 0.219. The summed E-state index contributed by atoms with van der Waals surface area (Å²) in [6, 6.07) is 8.12. The third-order valence-electron chi connectivity index (χ3n) is 2.65. The number of carbonyl (C=O) groups excluding carboxylic acids is 1. The van der Waals surface area contributed by atoms with Gasteiger partial charge in [0.25, 0.3) is 0 Å². The normalized spacial score (nSPS) is 20.5. The van der Waals surface area contributed by atoms with Crippen LogP contribution in [0.5, 0.6) is 0 Å². The van der Waals surface area contributed by atoms with Crippen LogP contribution in [0.2, 0.25) is 0 Å². The van der Waals surface area contributed by atoms with E-state index in [4.69, 9.17) is 0 Å². The highest BCUT2D eigenvalue weighted by Crippen LogP contribution is 2.26. The van der Waals surface area contributed by atoms with Gasteiger partial charge >= 0.3 is 6.03 Å². The quantitative estimate of drug-likeness (QED) is 0.879. The molecule has 15 heavy (non-hydrogen) atoms. The second kappa shape index (κ2) is 4.23. The number of urea groups is 1. The van der Waals surface area contributed by atoms with Gasteiger partial charge in [-0.25, -0.2) is 4.79 Å². The largest absolute Gasteiger partial charge is 0.329 e. The predicted octanol–water partition coefficient (Wildman–Crippen LogP) is 2.54. The smallest absolute Gasteiger partial charge is 0.318 e. The first-order valence-corrected chi connectivity index (χ1v) is 5.81. The summed E-state index contributed by atoms with van der Waals surface area (Å²) in [5.74, 6) is 0. The third-order valence-corrected chi connectivity index (χ3v) is 3.37. The summed E-state index contributed by atoms with van der Waals surface area (Å²) >= 11 is 3.50. The Kier molecular flexibility index (Phi) is 2.95. The Hall–Kier alpha value is -1.03. The number of rotatable bonds is 2. The van der Waals surface area contributed by atoms with E-state index in [1.54, 1.807) is 0 Å². The van der Waals surface area contributed by atoms with E-state index in [1.165, 1.54) is 0 Å². The van der Waals surface area contributed by atoms with E-state index in [0.29, 0.717) is 0 Å². The average Bonchev–Trinajstić information content (AvgIpc) is 2.60. The Bertz CT molecular complexity index is 381. The molecule has 2 rings (SSSR count). The van der Waals surface area contributed by atoms with Crippen molar-refractivity contribution in [3.8, 4) is 0 Å².